The maximum absolute atomic E-state index is 13.7. The van der Waals surface area contributed by atoms with Crippen molar-refractivity contribution in [3.63, 3.8) is 0 Å². The highest BCUT2D eigenvalue weighted by Crippen LogP contribution is 2.26. The summed E-state index contributed by atoms with van der Waals surface area (Å²) in [6.07, 6.45) is 3.21. The number of aromatic hydroxyl groups is 1. The zero-order valence-corrected chi connectivity index (χ0v) is 9.62. The van der Waals surface area contributed by atoms with E-state index in [1.807, 2.05) is 0 Å². The normalized spacial score (nSPS) is 10.6. The minimum absolute atomic E-state index is 0.0595. The number of phenolic OH excluding ortho intramolecular Hbond substituents is 1. The number of pyridine rings is 1. The number of hydrogen-bond donors (Lipinski definition) is 1. The Morgan fingerprint density at radius 3 is 2.63 bits per heavy atom. The third-order valence-corrected chi connectivity index (χ3v) is 2.55. The Bertz CT molecular complexity index is 713. The van der Waals surface area contributed by atoms with Gasteiger partial charge in [-0.1, -0.05) is 5.16 Å². The zero-order valence-electron chi connectivity index (χ0n) is 9.62. The summed E-state index contributed by atoms with van der Waals surface area (Å²) in [6, 6.07) is 7.18. The standard InChI is InChI=1S/C13H8FN3O2/c14-11-7-9(18)1-2-10(11)13-16-12(17-19-13)8-3-5-15-6-4-8/h1-7,18H. The minimum atomic E-state index is -0.620. The molecule has 0 atom stereocenters. The van der Waals surface area contributed by atoms with Crippen molar-refractivity contribution in [1.29, 1.82) is 0 Å². The highest BCUT2D eigenvalue weighted by molar-refractivity contribution is 5.60. The molecule has 6 heteroatoms. The summed E-state index contributed by atoms with van der Waals surface area (Å²) in [5, 5.41) is 12.9. The van der Waals surface area contributed by atoms with Crippen molar-refractivity contribution in [3.8, 4) is 28.6 Å². The molecule has 2 heterocycles. The van der Waals surface area contributed by atoms with Crippen LogP contribution in [0.5, 0.6) is 5.75 Å². The minimum Gasteiger partial charge on any atom is -0.508 e. The van der Waals surface area contributed by atoms with E-state index < -0.39 is 5.82 Å². The van der Waals surface area contributed by atoms with Gasteiger partial charge in [-0.25, -0.2) is 4.39 Å². The van der Waals surface area contributed by atoms with Crippen LogP contribution in [0, 0.1) is 5.82 Å². The summed E-state index contributed by atoms with van der Waals surface area (Å²) in [7, 11) is 0. The van der Waals surface area contributed by atoms with Crippen LogP contribution in [0.2, 0.25) is 0 Å². The number of rotatable bonds is 2. The van der Waals surface area contributed by atoms with E-state index in [4.69, 9.17) is 9.63 Å². The van der Waals surface area contributed by atoms with Crippen LogP contribution in [0.25, 0.3) is 22.8 Å². The fourth-order valence-electron chi connectivity index (χ4n) is 1.63. The smallest absolute Gasteiger partial charge is 0.261 e. The molecule has 0 amide bonds. The number of halogens is 1. The molecule has 0 unspecified atom stereocenters. The lowest BCUT2D eigenvalue weighted by Gasteiger charge is -1.97. The molecular formula is C13H8FN3O2. The molecule has 0 saturated carbocycles. The maximum atomic E-state index is 13.7. The van der Waals surface area contributed by atoms with Crippen molar-refractivity contribution in [3.05, 3.63) is 48.5 Å². The van der Waals surface area contributed by atoms with Crippen molar-refractivity contribution in [1.82, 2.24) is 15.1 Å². The van der Waals surface area contributed by atoms with E-state index in [1.54, 1.807) is 24.5 Å². The van der Waals surface area contributed by atoms with Crippen molar-refractivity contribution in [2.75, 3.05) is 0 Å². The van der Waals surface area contributed by atoms with Crippen LogP contribution in [-0.2, 0) is 0 Å². The second kappa shape index (κ2) is 4.49. The third-order valence-electron chi connectivity index (χ3n) is 2.55. The van der Waals surface area contributed by atoms with Gasteiger partial charge in [0.2, 0.25) is 5.82 Å². The summed E-state index contributed by atoms with van der Waals surface area (Å²) in [6.45, 7) is 0. The van der Waals surface area contributed by atoms with Crippen molar-refractivity contribution in [2.45, 2.75) is 0 Å². The molecular weight excluding hydrogens is 249 g/mol. The first-order chi connectivity index (χ1) is 9.24. The van der Waals surface area contributed by atoms with Crippen LogP contribution < -0.4 is 0 Å². The lowest BCUT2D eigenvalue weighted by Crippen LogP contribution is -1.85. The van der Waals surface area contributed by atoms with Gasteiger partial charge < -0.3 is 9.63 Å². The Balaban J connectivity index is 2.02. The van der Waals surface area contributed by atoms with Crippen LogP contribution in [0.4, 0.5) is 4.39 Å². The molecule has 5 nitrogen and oxygen atoms in total. The highest BCUT2D eigenvalue weighted by atomic mass is 19.1. The Morgan fingerprint density at radius 1 is 1.11 bits per heavy atom. The molecule has 1 N–H and O–H groups in total. The Morgan fingerprint density at radius 2 is 1.89 bits per heavy atom. The van der Waals surface area contributed by atoms with Gasteiger partial charge in [0.1, 0.15) is 11.6 Å². The van der Waals surface area contributed by atoms with Crippen molar-refractivity contribution >= 4 is 0 Å². The molecule has 94 valence electrons. The third kappa shape index (κ3) is 2.15. The van der Waals surface area contributed by atoms with Crippen LogP contribution in [0.3, 0.4) is 0 Å². The summed E-state index contributed by atoms with van der Waals surface area (Å²) in [5.74, 6) is -0.366. The van der Waals surface area contributed by atoms with Gasteiger partial charge in [0.25, 0.3) is 5.89 Å². The van der Waals surface area contributed by atoms with Gasteiger partial charge in [-0.2, -0.15) is 4.98 Å². The fourth-order valence-corrected chi connectivity index (χ4v) is 1.63. The van der Waals surface area contributed by atoms with Gasteiger partial charge >= 0.3 is 0 Å². The number of hydrogen-bond acceptors (Lipinski definition) is 5. The lowest BCUT2D eigenvalue weighted by molar-refractivity contribution is 0.428. The van der Waals surface area contributed by atoms with Crippen LogP contribution >= 0.6 is 0 Å². The largest absolute Gasteiger partial charge is 0.508 e. The summed E-state index contributed by atoms with van der Waals surface area (Å²) in [5.41, 5.74) is 0.870. The van der Waals surface area contributed by atoms with E-state index >= 15 is 0 Å². The van der Waals surface area contributed by atoms with Crippen LogP contribution in [0.15, 0.2) is 47.2 Å². The van der Waals surface area contributed by atoms with Crippen molar-refractivity contribution in [2.24, 2.45) is 0 Å². The number of benzene rings is 1. The van der Waals surface area contributed by atoms with Gasteiger partial charge in [0.05, 0.1) is 5.56 Å². The van der Waals surface area contributed by atoms with Gasteiger partial charge in [-0.05, 0) is 24.3 Å². The molecule has 0 aliphatic rings. The van der Waals surface area contributed by atoms with E-state index in [0.717, 1.165) is 11.6 Å². The molecule has 1 aromatic carbocycles. The van der Waals surface area contributed by atoms with E-state index in [-0.39, 0.29) is 17.2 Å². The molecule has 3 aromatic rings. The molecule has 19 heavy (non-hydrogen) atoms. The molecule has 0 spiro atoms. The van der Waals surface area contributed by atoms with E-state index in [0.29, 0.717) is 5.82 Å². The Labute approximate surface area is 107 Å². The van der Waals surface area contributed by atoms with Gasteiger partial charge in [-0.15, -0.1) is 0 Å². The predicted octanol–water partition coefficient (Wildman–Crippen LogP) is 2.64. The van der Waals surface area contributed by atoms with Gasteiger partial charge in [-0.3, -0.25) is 4.98 Å². The van der Waals surface area contributed by atoms with Gasteiger partial charge in [0, 0.05) is 24.0 Å². The molecule has 0 saturated heterocycles. The Hall–Kier alpha value is -2.76. The predicted molar refractivity (Wildman–Crippen MR) is 64.6 cm³/mol. The Kier molecular flexibility index (Phi) is 2.68. The first kappa shape index (κ1) is 11.3. The SMILES string of the molecule is Oc1ccc(-c2nc(-c3ccncc3)no2)c(F)c1. The topological polar surface area (TPSA) is 72.0 Å². The number of aromatic nitrogens is 3. The van der Waals surface area contributed by atoms with Crippen LogP contribution in [-0.4, -0.2) is 20.2 Å². The second-order valence-electron chi connectivity index (χ2n) is 3.82. The zero-order chi connectivity index (χ0) is 13.2. The van der Waals surface area contributed by atoms with E-state index in [9.17, 15) is 4.39 Å². The molecule has 0 aliphatic carbocycles. The molecule has 0 radical (unpaired) electrons. The van der Waals surface area contributed by atoms with Crippen molar-refractivity contribution < 1.29 is 14.0 Å². The monoisotopic (exact) mass is 257 g/mol. The maximum Gasteiger partial charge on any atom is 0.261 e. The average Bonchev–Trinajstić information content (AvgIpc) is 2.89. The molecule has 0 bridgehead atoms. The van der Waals surface area contributed by atoms with Gasteiger partial charge in [0.15, 0.2) is 0 Å². The van der Waals surface area contributed by atoms with E-state index in [1.165, 1.54) is 12.1 Å². The molecule has 0 fully saturated rings. The molecule has 2 aromatic heterocycles. The first-order valence-electron chi connectivity index (χ1n) is 5.47. The summed E-state index contributed by atoms with van der Waals surface area (Å²) in [4.78, 5) is 8.00. The molecule has 3 rings (SSSR count). The number of nitrogens with zero attached hydrogens (tertiary/aromatic N) is 3. The average molecular weight is 257 g/mol. The quantitative estimate of drug-likeness (QED) is 0.764. The summed E-state index contributed by atoms with van der Waals surface area (Å²) >= 11 is 0. The van der Waals surface area contributed by atoms with Crippen LogP contribution in [0.1, 0.15) is 0 Å². The van der Waals surface area contributed by atoms with E-state index in [2.05, 4.69) is 15.1 Å². The lowest BCUT2D eigenvalue weighted by atomic mass is 10.2. The second-order valence-corrected chi connectivity index (χ2v) is 3.82. The first-order valence-corrected chi connectivity index (χ1v) is 5.47. The fraction of sp³-hybridized carbons (Fsp3) is 0. The summed E-state index contributed by atoms with van der Waals surface area (Å²) < 4.78 is 18.7. The number of phenols is 1. The molecule has 0 aliphatic heterocycles. The highest BCUT2D eigenvalue weighted by Gasteiger charge is 2.14.